The van der Waals surface area contributed by atoms with Crippen molar-refractivity contribution in [1.82, 2.24) is 5.32 Å². The van der Waals surface area contributed by atoms with E-state index in [4.69, 9.17) is 0 Å². The lowest BCUT2D eigenvalue weighted by atomic mass is 9.83. The molecule has 0 heterocycles. The lowest BCUT2D eigenvalue weighted by Gasteiger charge is -2.25. The summed E-state index contributed by atoms with van der Waals surface area (Å²) in [6.07, 6.45) is -4.44. The minimum Gasteiger partial charge on any atom is -0.507 e. The number of hydrogen-bond donors (Lipinski definition) is 2. The zero-order valence-corrected chi connectivity index (χ0v) is 17.7. The van der Waals surface area contributed by atoms with Crippen LogP contribution in [0.5, 0.6) is 5.75 Å². The van der Waals surface area contributed by atoms with E-state index in [9.17, 15) is 18.3 Å². The van der Waals surface area contributed by atoms with Gasteiger partial charge in [0.15, 0.2) is 0 Å². The van der Waals surface area contributed by atoms with Crippen LogP contribution in [0.15, 0.2) is 30.3 Å². The van der Waals surface area contributed by atoms with Gasteiger partial charge in [0.25, 0.3) is 0 Å². The number of hydrogen-bond acceptors (Lipinski definition) is 2. The lowest BCUT2D eigenvalue weighted by molar-refractivity contribution is -0.137. The van der Waals surface area contributed by atoms with Crippen molar-refractivity contribution in [3.63, 3.8) is 0 Å². The van der Waals surface area contributed by atoms with Crippen molar-refractivity contribution in [2.45, 2.75) is 72.1 Å². The van der Waals surface area contributed by atoms with Crippen LogP contribution in [-0.4, -0.2) is 10.6 Å². The third-order valence-corrected chi connectivity index (χ3v) is 4.58. The van der Waals surface area contributed by atoms with Gasteiger partial charge in [0.2, 0.25) is 0 Å². The predicted molar refractivity (Wildman–Crippen MR) is 109 cm³/mol. The zero-order chi connectivity index (χ0) is 21.5. The van der Waals surface area contributed by atoms with Crippen LogP contribution in [0, 0.1) is 6.92 Å². The maximum absolute atomic E-state index is 13.3. The molecule has 0 saturated carbocycles. The van der Waals surface area contributed by atoms with Crippen LogP contribution in [0.3, 0.4) is 0 Å². The summed E-state index contributed by atoms with van der Waals surface area (Å²) in [5.41, 5.74) is 1.85. The quantitative estimate of drug-likeness (QED) is 0.618. The first-order valence-electron chi connectivity index (χ1n) is 9.38. The van der Waals surface area contributed by atoms with Crippen LogP contribution < -0.4 is 5.32 Å². The van der Waals surface area contributed by atoms with Gasteiger partial charge in [-0.3, -0.25) is 0 Å². The van der Waals surface area contributed by atoms with E-state index < -0.39 is 11.7 Å². The molecule has 0 amide bonds. The van der Waals surface area contributed by atoms with Crippen molar-refractivity contribution in [2.75, 3.05) is 0 Å². The molecule has 0 spiro atoms. The lowest BCUT2D eigenvalue weighted by Crippen LogP contribution is -2.35. The van der Waals surface area contributed by atoms with Gasteiger partial charge in [-0.25, -0.2) is 0 Å². The summed E-state index contributed by atoms with van der Waals surface area (Å²) < 4.78 is 39.9. The van der Waals surface area contributed by atoms with Gasteiger partial charge >= 0.3 is 6.18 Å². The Morgan fingerprint density at radius 1 is 0.857 bits per heavy atom. The molecule has 0 fully saturated rings. The Hall–Kier alpha value is -2.01. The summed E-state index contributed by atoms with van der Waals surface area (Å²) in [5.74, 6) is 0.0171. The molecule has 2 N–H and O–H groups in total. The van der Waals surface area contributed by atoms with Crippen LogP contribution in [0.4, 0.5) is 13.2 Å². The van der Waals surface area contributed by atoms with Gasteiger partial charge < -0.3 is 10.4 Å². The van der Waals surface area contributed by atoms with E-state index in [1.165, 1.54) is 0 Å². The number of aryl methyl sites for hydroxylation is 1. The first-order valence-corrected chi connectivity index (χ1v) is 9.38. The number of alkyl halides is 3. The Bertz CT molecular complexity index is 856. The average Bonchev–Trinajstić information content (AvgIpc) is 2.50. The molecule has 0 aliphatic carbocycles. The smallest absolute Gasteiger partial charge is 0.416 e. The average molecular weight is 393 g/mol. The van der Waals surface area contributed by atoms with Crippen molar-refractivity contribution in [3.8, 4) is 16.9 Å². The van der Waals surface area contributed by atoms with Gasteiger partial charge in [0.05, 0.1) is 5.56 Å². The molecule has 154 valence electrons. The molecule has 2 aromatic rings. The Kier molecular flexibility index (Phi) is 5.91. The monoisotopic (exact) mass is 393 g/mol. The van der Waals surface area contributed by atoms with Crippen LogP contribution in [0.25, 0.3) is 11.1 Å². The normalized spacial score (nSPS) is 13.1. The van der Waals surface area contributed by atoms with Crippen molar-refractivity contribution < 1.29 is 18.3 Å². The summed E-state index contributed by atoms with van der Waals surface area (Å²) in [5, 5.41) is 14.2. The minimum atomic E-state index is -4.44. The molecule has 5 heteroatoms. The maximum atomic E-state index is 13.3. The first-order chi connectivity index (χ1) is 12.6. The van der Waals surface area contributed by atoms with Crippen molar-refractivity contribution in [3.05, 3.63) is 52.6 Å². The van der Waals surface area contributed by atoms with Crippen LogP contribution in [0.1, 0.15) is 63.8 Å². The van der Waals surface area contributed by atoms with Crippen molar-refractivity contribution >= 4 is 0 Å². The topological polar surface area (TPSA) is 32.3 Å². The molecule has 0 radical (unpaired) electrons. The number of benzene rings is 2. The number of halogens is 3. The van der Waals surface area contributed by atoms with Gasteiger partial charge in [-0.1, -0.05) is 32.9 Å². The van der Waals surface area contributed by atoms with Crippen molar-refractivity contribution in [2.24, 2.45) is 0 Å². The highest BCUT2D eigenvalue weighted by Gasteiger charge is 2.31. The molecule has 2 rings (SSSR count). The Morgan fingerprint density at radius 2 is 1.46 bits per heavy atom. The fourth-order valence-corrected chi connectivity index (χ4v) is 2.95. The summed E-state index contributed by atoms with van der Waals surface area (Å²) in [4.78, 5) is 0. The van der Waals surface area contributed by atoms with E-state index >= 15 is 0 Å². The molecule has 28 heavy (non-hydrogen) atoms. The molecule has 0 unspecified atom stereocenters. The standard InChI is InChI=1S/C23H30F3NO/c1-14-8-15(10-18(9-14)23(24,25)26)19-12-17(21(2,3)4)11-16(20(19)28)13-27-22(5,6)7/h8-12,27-28H,13H2,1-7H3. The second kappa shape index (κ2) is 7.43. The largest absolute Gasteiger partial charge is 0.507 e. The molecule has 0 saturated heterocycles. The highest BCUT2D eigenvalue weighted by Crippen LogP contribution is 2.40. The number of rotatable bonds is 3. The first kappa shape index (κ1) is 22.3. The van der Waals surface area contributed by atoms with Crippen molar-refractivity contribution in [1.29, 1.82) is 0 Å². The number of aromatic hydroxyl groups is 1. The van der Waals surface area contributed by atoms with Crippen LogP contribution in [-0.2, 0) is 18.1 Å². The van der Waals surface area contributed by atoms with Gasteiger partial charge in [-0.15, -0.1) is 0 Å². The van der Waals surface area contributed by atoms with Crippen LogP contribution in [0.2, 0.25) is 0 Å². The molecule has 0 atom stereocenters. The fraction of sp³-hybridized carbons (Fsp3) is 0.478. The second-order valence-electron chi connectivity index (χ2n) is 9.47. The van der Waals surface area contributed by atoms with Crippen LogP contribution >= 0.6 is 0 Å². The third kappa shape index (κ3) is 5.51. The number of nitrogens with one attached hydrogen (secondary N) is 1. The predicted octanol–water partition coefficient (Wildman–Crippen LogP) is 6.57. The molecule has 2 aromatic carbocycles. The van der Waals surface area contributed by atoms with Gasteiger partial charge in [-0.05, 0) is 68.0 Å². The van der Waals surface area contributed by atoms with Gasteiger partial charge in [0.1, 0.15) is 5.75 Å². The second-order valence-corrected chi connectivity index (χ2v) is 9.47. The molecular formula is C23H30F3NO. The Balaban J connectivity index is 2.68. The van der Waals surface area contributed by atoms with Gasteiger partial charge in [0, 0.05) is 23.2 Å². The molecule has 0 aromatic heterocycles. The van der Waals surface area contributed by atoms with E-state index in [1.807, 2.05) is 47.6 Å². The highest BCUT2D eigenvalue weighted by molar-refractivity contribution is 5.74. The van der Waals surface area contributed by atoms with E-state index in [-0.39, 0.29) is 16.7 Å². The molecule has 0 aliphatic heterocycles. The Morgan fingerprint density at radius 3 is 1.96 bits per heavy atom. The molecule has 2 nitrogen and oxygen atoms in total. The SMILES string of the molecule is Cc1cc(-c2cc(C(C)(C)C)cc(CNC(C)(C)C)c2O)cc(C(F)(F)F)c1. The number of phenols is 1. The van der Waals surface area contributed by atoms with E-state index in [1.54, 1.807) is 19.1 Å². The third-order valence-electron chi connectivity index (χ3n) is 4.58. The zero-order valence-electron chi connectivity index (χ0n) is 17.7. The van der Waals surface area contributed by atoms with E-state index in [0.29, 0.717) is 28.8 Å². The summed E-state index contributed by atoms with van der Waals surface area (Å²) in [6, 6.07) is 7.63. The summed E-state index contributed by atoms with van der Waals surface area (Å²) in [6.45, 7) is 14.2. The number of phenolic OH excluding ortho intramolecular Hbond substituents is 1. The summed E-state index contributed by atoms with van der Waals surface area (Å²) >= 11 is 0. The Labute approximate surface area is 165 Å². The van der Waals surface area contributed by atoms with Gasteiger partial charge in [-0.2, -0.15) is 13.2 Å². The molecule has 0 bridgehead atoms. The molecule has 0 aliphatic rings. The highest BCUT2D eigenvalue weighted by atomic mass is 19.4. The molecular weight excluding hydrogens is 363 g/mol. The van der Waals surface area contributed by atoms with E-state index in [2.05, 4.69) is 5.32 Å². The maximum Gasteiger partial charge on any atom is 0.416 e. The summed E-state index contributed by atoms with van der Waals surface area (Å²) in [7, 11) is 0. The minimum absolute atomic E-state index is 0.0171. The fourth-order valence-electron chi connectivity index (χ4n) is 2.95. The van der Waals surface area contributed by atoms with E-state index in [0.717, 1.165) is 17.7 Å².